The summed E-state index contributed by atoms with van der Waals surface area (Å²) in [4.78, 5) is 26.6. The van der Waals surface area contributed by atoms with Crippen LogP contribution >= 0.6 is 0 Å². The van der Waals surface area contributed by atoms with E-state index in [0.717, 1.165) is 16.3 Å². The number of halogens is 6. The van der Waals surface area contributed by atoms with Gasteiger partial charge < -0.3 is 9.13 Å². The first-order valence-electron chi connectivity index (χ1n) is 14.6. The molecule has 0 bridgehead atoms. The fourth-order valence-electron chi connectivity index (χ4n) is 5.49. The standard InChI is InChI=1S/C33H25F6N5O5S/c1-19-4-10-23(11-5-19)50(47,48)44-28(22-14-40-43(15-22)32(34,35)36)12-25-27(17-42(3)31(46)30(25)44)24-13-29(45)41(2)16-26(24)21-8-6-20(7-9-21)18-49-33(37,38)39/h4-17H,18H2,1-3H3. The lowest BCUT2D eigenvalue weighted by Gasteiger charge is -2.15. The molecule has 10 nitrogen and oxygen atoms in total. The van der Waals surface area contributed by atoms with Crippen molar-refractivity contribution in [2.75, 3.05) is 0 Å². The van der Waals surface area contributed by atoms with Gasteiger partial charge in [-0.2, -0.15) is 9.78 Å². The number of nitrogens with zero attached hydrogens (tertiary/aromatic N) is 5. The third-order valence-electron chi connectivity index (χ3n) is 7.98. The maximum atomic E-state index is 14.3. The SMILES string of the molecule is Cc1ccc(S(=O)(=O)n2c(-c3cnn(C(F)(F)F)c3)cc3c(-c4cc(=O)n(C)cc4-c4ccc(COC(F)(F)F)cc4)cn(C)c(=O)c32)cc1. The number of aryl methyl sites for hydroxylation is 3. The highest BCUT2D eigenvalue weighted by molar-refractivity contribution is 7.90. The van der Waals surface area contributed by atoms with Gasteiger partial charge in [0.05, 0.1) is 23.4 Å². The van der Waals surface area contributed by atoms with Gasteiger partial charge in [-0.25, -0.2) is 12.4 Å². The van der Waals surface area contributed by atoms with Crippen LogP contribution in [0.3, 0.4) is 0 Å². The average molecular weight is 718 g/mol. The average Bonchev–Trinajstić information content (AvgIpc) is 3.70. The van der Waals surface area contributed by atoms with Gasteiger partial charge in [0.25, 0.3) is 21.1 Å². The van der Waals surface area contributed by atoms with Crippen LogP contribution in [0.2, 0.25) is 0 Å². The molecule has 4 aromatic heterocycles. The van der Waals surface area contributed by atoms with Crippen molar-refractivity contribution in [2.45, 2.75) is 31.1 Å². The molecule has 0 aliphatic carbocycles. The monoisotopic (exact) mass is 717 g/mol. The van der Waals surface area contributed by atoms with Gasteiger partial charge in [-0.1, -0.05) is 42.0 Å². The fourth-order valence-corrected chi connectivity index (χ4v) is 7.02. The minimum Gasteiger partial charge on any atom is -0.318 e. The van der Waals surface area contributed by atoms with Gasteiger partial charge in [0.15, 0.2) is 0 Å². The van der Waals surface area contributed by atoms with E-state index in [2.05, 4.69) is 9.84 Å². The van der Waals surface area contributed by atoms with Crippen molar-refractivity contribution in [3.63, 3.8) is 0 Å². The molecule has 0 atom stereocenters. The van der Waals surface area contributed by atoms with E-state index in [4.69, 9.17) is 0 Å². The summed E-state index contributed by atoms with van der Waals surface area (Å²) in [6.07, 6.45) is -5.54. The number of benzene rings is 2. The highest BCUT2D eigenvalue weighted by atomic mass is 32.2. The second-order valence-electron chi connectivity index (χ2n) is 11.5. The van der Waals surface area contributed by atoms with Crippen molar-refractivity contribution in [1.29, 1.82) is 0 Å². The van der Waals surface area contributed by atoms with E-state index in [-0.39, 0.29) is 42.9 Å². The lowest BCUT2D eigenvalue weighted by molar-refractivity contribution is -0.330. The van der Waals surface area contributed by atoms with Gasteiger partial charge in [-0.3, -0.25) is 14.3 Å². The number of aromatic nitrogens is 5. The van der Waals surface area contributed by atoms with Gasteiger partial charge in [0.1, 0.15) is 5.52 Å². The first-order chi connectivity index (χ1) is 23.3. The van der Waals surface area contributed by atoms with Gasteiger partial charge in [0.2, 0.25) is 0 Å². The van der Waals surface area contributed by atoms with E-state index in [1.54, 1.807) is 6.92 Å². The molecule has 4 heterocycles. The van der Waals surface area contributed by atoms with E-state index in [0.29, 0.717) is 21.3 Å². The first kappa shape index (κ1) is 34.4. The molecule has 50 heavy (non-hydrogen) atoms. The Morgan fingerprint density at radius 1 is 0.780 bits per heavy atom. The van der Waals surface area contributed by atoms with Crippen LogP contribution in [-0.2, 0) is 41.8 Å². The van der Waals surface area contributed by atoms with Crippen LogP contribution in [0.1, 0.15) is 11.1 Å². The van der Waals surface area contributed by atoms with Gasteiger partial charge in [-0.15, -0.1) is 26.3 Å². The molecule has 6 aromatic rings. The first-order valence-corrected chi connectivity index (χ1v) is 16.0. The Hall–Kier alpha value is -5.42. The Morgan fingerprint density at radius 3 is 2.02 bits per heavy atom. The highest BCUT2D eigenvalue weighted by Crippen LogP contribution is 2.39. The Balaban J connectivity index is 1.65. The number of pyridine rings is 2. The van der Waals surface area contributed by atoms with Crippen LogP contribution in [0, 0.1) is 6.92 Å². The summed E-state index contributed by atoms with van der Waals surface area (Å²) in [5.41, 5.74) is -0.198. The minimum absolute atomic E-state index is 0.0109. The zero-order valence-corrected chi connectivity index (χ0v) is 27.1. The molecule has 0 saturated heterocycles. The molecule has 0 aliphatic heterocycles. The molecule has 0 saturated carbocycles. The number of fused-ring (bicyclic) bond motifs is 1. The van der Waals surface area contributed by atoms with Crippen LogP contribution in [0.5, 0.6) is 0 Å². The van der Waals surface area contributed by atoms with Crippen LogP contribution < -0.4 is 11.1 Å². The Morgan fingerprint density at radius 2 is 1.42 bits per heavy atom. The molecule has 0 spiro atoms. The molecule has 0 amide bonds. The molecule has 0 aliphatic rings. The summed E-state index contributed by atoms with van der Waals surface area (Å²) < 4.78 is 114. The van der Waals surface area contributed by atoms with E-state index in [1.165, 1.54) is 91.7 Å². The van der Waals surface area contributed by atoms with Crippen molar-refractivity contribution in [1.82, 2.24) is 22.9 Å². The summed E-state index contributed by atoms with van der Waals surface area (Å²) in [6, 6.07) is 13.9. The molecule has 0 radical (unpaired) electrons. The van der Waals surface area contributed by atoms with Crippen molar-refractivity contribution in [3.8, 4) is 33.5 Å². The number of hydrogen-bond donors (Lipinski definition) is 0. The quantitative estimate of drug-likeness (QED) is 0.180. The lowest BCUT2D eigenvalue weighted by Crippen LogP contribution is -2.23. The number of rotatable bonds is 7. The minimum atomic E-state index is -4.93. The van der Waals surface area contributed by atoms with Gasteiger partial charge in [-0.05, 0) is 41.8 Å². The van der Waals surface area contributed by atoms with Gasteiger partial charge >= 0.3 is 12.7 Å². The summed E-state index contributed by atoms with van der Waals surface area (Å²) in [6.45, 7) is 0.980. The number of ether oxygens (including phenoxy) is 1. The van der Waals surface area contributed by atoms with E-state index in [1.807, 2.05) is 0 Å². The number of alkyl halides is 6. The molecular weight excluding hydrogens is 692 g/mol. The van der Waals surface area contributed by atoms with E-state index < -0.39 is 45.9 Å². The fraction of sp³-hybridized carbons (Fsp3) is 0.182. The normalized spacial score (nSPS) is 12.6. The summed E-state index contributed by atoms with van der Waals surface area (Å²) >= 11 is 0. The molecule has 2 aromatic carbocycles. The second-order valence-corrected chi connectivity index (χ2v) is 13.2. The van der Waals surface area contributed by atoms with Crippen LogP contribution in [0.25, 0.3) is 44.4 Å². The summed E-state index contributed by atoms with van der Waals surface area (Å²) in [5.74, 6) is 0. The topological polar surface area (TPSA) is 110 Å². The lowest BCUT2D eigenvalue weighted by atomic mass is 9.94. The zero-order chi connectivity index (χ0) is 36.3. The summed E-state index contributed by atoms with van der Waals surface area (Å²) in [5, 5.41) is 3.34. The zero-order valence-electron chi connectivity index (χ0n) is 26.2. The van der Waals surface area contributed by atoms with Crippen molar-refractivity contribution >= 4 is 20.9 Å². The predicted molar refractivity (Wildman–Crippen MR) is 170 cm³/mol. The Labute approximate surface area is 279 Å². The van der Waals surface area contributed by atoms with Crippen LogP contribution in [0.4, 0.5) is 26.3 Å². The highest BCUT2D eigenvalue weighted by Gasteiger charge is 2.34. The molecule has 17 heteroatoms. The largest absolute Gasteiger partial charge is 0.522 e. The molecule has 0 fully saturated rings. The van der Waals surface area contributed by atoms with Crippen LogP contribution in [-0.4, -0.2) is 37.7 Å². The second kappa shape index (κ2) is 12.2. The third-order valence-corrected chi connectivity index (χ3v) is 9.71. The van der Waals surface area contributed by atoms with E-state index >= 15 is 0 Å². The Kier molecular flexibility index (Phi) is 8.38. The van der Waals surface area contributed by atoms with Crippen LogP contribution in [0.15, 0.2) is 99.9 Å². The van der Waals surface area contributed by atoms with E-state index in [9.17, 15) is 44.3 Å². The number of hydrogen-bond acceptors (Lipinski definition) is 6. The maximum absolute atomic E-state index is 14.3. The van der Waals surface area contributed by atoms with Crippen molar-refractivity contribution in [3.05, 3.63) is 117 Å². The molecular formula is C33H25F6N5O5S. The van der Waals surface area contributed by atoms with Crippen molar-refractivity contribution < 1.29 is 39.5 Å². The third kappa shape index (κ3) is 6.36. The maximum Gasteiger partial charge on any atom is 0.522 e. The smallest absolute Gasteiger partial charge is 0.318 e. The Bertz CT molecular complexity index is 2490. The molecule has 260 valence electrons. The molecule has 6 rings (SSSR count). The van der Waals surface area contributed by atoms with Gasteiger partial charge in [0, 0.05) is 60.8 Å². The molecule has 0 N–H and O–H groups in total. The van der Waals surface area contributed by atoms with Crippen molar-refractivity contribution in [2.24, 2.45) is 14.1 Å². The molecule has 0 unspecified atom stereocenters. The summed E-state index contributed by atoms with van der Waals surface area (Å²) in [7, 11) is -1.84. The predicted octanol–water partition coefficient (Wildman–Crippen LogP) is 6.29.